The van der Waals surface area contributed by atoms with Crippen LogP contribution in [0.4, 0.5) is 0 Å². The Morgan fingerprint density at radius 1 is 1.14 bits per heavy atom. The fourth-order valence-electron chi connectivity index (χ4n) is 2.60. The third-order valence-electron chi connectivity index (χ3n) is 3.83. The minimum absolute atomic E-state index is 0.457. The molecule has 0 saturated carbocycles. The molecule has 118 valence electrons. The lowest BCUT2D eigenvalue weighted by Crippen LogP contribution is -2.25. The Balaban J connectivity index is 2.22. The van der Waals surface area contributed by atoms with Crippen molar-refractivity contribution in [3.05, 3.63) is 22.8 Å². The van der Waals surface area contributed by atoms with Crippen molar-refractivity contribution >= 4 is 23.5 Å². The second-order valence-corrected chi connectivity index (χ2v) is 8.47. The Bertz CT molecular complexity index is 454. The van der Waals surface area contributed by atoms with E-state index in [0.717, 1.165) is 23.8 Å². The van der Waals surface area contributed by atoms with E-state index >= 15 is 0 Å². The Morgan fingerprint density at radius 2 is 1.76 bits per heavy atom. The number of aryl methyl sites for hydroxylation is 2. The molecule has 1 aromatic heterocycles. The van der Waals surface area contributed by atoms with Gasteiger partial charge in [-0.3, -0.25) is 0 Å². The first-order valence-electron chi connectivity index (χ1n) is 7.83. The molecule has 1 fully saturated rings. The van der Waals surface area contributed by atoms with Crippen LogP contribution in [-0.4, -0.2) is 32.8 Å². The molecule has 2 rings (SSSR count). The molecule has 1 aromatic rings. The summed E-state index contributed by atoms with van der Waals surface area (Å²) in [7, 11) is 0. The Labute approximate surface area is 137 Å². The summed E-state index contributed by atoms with van der Waals surface area (Å²) in [5.74, 6) is 3.51. The van der Waals surface area contributed by atoms with Crippen LogP contribution in [0.15, 0.2) is 0 Å². The van der Waals surface area contributed by atoms with Gasteiger partial charge in [0.05, 0.1) is 5.25 Å². The zero-order valence-electron chi connectivity index (χ0n) is 13.8. The molecule has 0 aliphatic carbocycles. The molecule has 1 N–H and O–H groups in total. The lowest BCUT2D eigenvalue weighted by molar-refractivity contribution is 0.581. The van der Waals surface area contributed by atoms with E-state index in [9.17, 15) is 0 Å². The van der Waals surface area contributed by atoms with Crippen LogP contribution in [0.5, 0.6) is 0 Å². The average molecular weight is 326 g/mol. The van der Waals surface area contributed by atoms with Crippen molar-refractivity contribution in [1.82, 2.24) is 15.3 Å². The van der Waals surface area contributed by atoms with E-state index in [4.69, 9.17) is 9.97 Å². The smallest absolute Gasteiger partial charge is 0.142 e. The molecular formula is C16H27N3S2. The molecule has 0 bridgehead atoms. The van der Waals surface area contributed by atoms with Gasteiger partial charge in [-0.1, -0.05) is 20.8 Å². The van der Waals surface area contributed by atoms with Gasteiger partial charge < -0.3 is 5.32 Å². The number of nitrogens with zero attached hydrogens (tertiary/aromatic N) is 2. The minimum Gasteiger partial charge on any atom is -0.310 e. The topological polar surface area (TPSA) is 37.8 Å². The lowest BCUT2D eigenvalue weighted by atomic mass is 10.1. The normalized spacial score (nSPS) is 22.8. The summed E-state index contributed by atoms with van der Waals surface area (Å²) in [5, 5.41) is 4.58. The predicted octanol–water partition coefficient (Wildman–Crippen LogP) is 3.89. The van der Waals surface area contributed by atoms with Gasteiger partial charge in [-0.05, 0) is 20.3 Å². The monoisotopic (exact) mass is 325 g/mol. The number of rotatable bonds is 5. The van der Waals surface area contributed by atoms with Gasteiger partial charge in [0.2, 0.25) is 0 Å². The SMILES string of the molecule is CCC1SCCSC1c1nc(C)c(CNC(C)C)c(C)n1. The van der Waals surface area contributed by atoms with Gasteiger partial charge in [0, 0.05) is 46.3 Å². The molecule has 1 saturated heterocycles. The molecule has 0 radical (unpaired) electrons. The number of hydrogen-bond acceptors (Lipinski definition) is 5. The molecule has 2 atom stereocenters. The average Bonchev–Trinajstić information content (AvgIpc) is 2.45. The molecule has 5 heteroatoms. The Kier molecular flexibility index (Phi) is 6.38. The van der Waals surface area contributed by atoms with Gasteiger partial charge >= 0.3 is 0 Å². The quantitative estimate of drug-likeness (QED) is 0.889. The van der Waals surface area contributed by atoms with Crippen molar-refractivity contribution in [2.24, 2.45) is 0 Å². The zero-order chi connectivity index (χ0) is 15.4. The Hall–Kier alpha value is -0.260. The van der Waals surface area contributed by atoms with Crippen LogP contribution in [-0.2, 0) is 6.54 Å². The standard InChI is InChI=1S/C16H27N3S2/c1-6-14-15(21-8-7-20-14)16-18-11(4)13(12(5)19-16)9-17-10(2)3/h10,14-15,17H,6-9H2,1-5H3. The first-order valence-corrected chi connectivity index (χ1v) is 9.93. The maximum Gasteiger partial charge on any atom is 0.142 e. The molecule has 0 amide bonds. The van der Waals surface area contributed by atoms with E-state index in [1.807, 2.05) is 11.8 Å². The predicted molar refractivity (Wildman–Crippen MR) is 95.2 cm³/mol. The molecule has 1 aliphatic rings. The second-order valence-electron chi connectivity index (χ2n) is 5.88. The number of thioether (sulfide) groups is 2. The van der Waals surface area contributed by atoms with Crippen molar-refractivity contribution in [1.29, 1.82) is 0 Å². The van der Waals surface area contributed by atoms with Crippen molar-refractivity contribution in [2.75, 3.05) is 11.5 Å². The van der Waals surface area contributed by atoms with Crippen LogP contribution in [0.3, 0.4) is 0 Å². The Morgan fingerprint density at radius 3 is 2.33 bits per heavy atom. The van der Waals surface area contributed by atoms with Crippen molar-refractivity contribution in [2.45, 2.75) is 64.1 Å². The molecule has 0 spiro atoms. The first kappa shape index (κ1) is 17.1. The summed E-state index contributed by atoms with van der Waals surface area (Å²) in [4.78, 5) is 9.70. The molecule has 0 aromatic carbocycles. The van der Waals surface area contributed by atoms with Gasteiger partial charge in [-0.15, -0.1) is 11.8 Å². The first-order chi connectivity index (χ1) is 10.0. The molecule has 21 heavy (non-hydrogen) atoms. The maximum absolute atomic E-state index is 4.85. The van der Waals surface area contributed by atoms with Gasteiger partial charge in [0.1, 0.15) is 5.82 Å². The van der Waals surface area contributed by atoms with Crippen molar-refractivity contribution in [3.63, 3.8) is 0 Å². The summed E-state index contributed by atoms with van der Waals surface area (Å²) < 4.78 is 0. The molecule has 3 nitrogen and oxygen atoms in total. The van der Waals surface area contributed by atoms with Crippen molar-refractivity contribution in [3.8, 4) is 0 Å². The summed E-state index contributed by atoms with van der Waals surface area (Å²) >= 11 is 4.11. The van der Waals surface area contributed by atoms with E-state index < -0.39 is 0 Å². The van der Waals surface area contributed by atoms with Gasteiger partial charge in [-0.25, -0.2) is 9.97 Å². The van der Waals surface area contributed by atoms with Crippen LogP contribution < -0.4 is 5.32 Å². The molecule has 1 aliphatic heterocycles. The zero-order valence-corrected chi connectivity index (χ0v) is 15.4. The van der Waals surface area contributed by atoms with E-state index in [1.165, 1.54) is 23.5 Å². The summed E-state index contributed by atoms with van der Waals surface area (Å²) in [6.07, 6.45) is 1.19. The summed E-state index contributed by atoms with van der Waals surface area (Å²) in [6.45, 7) is 11.7. The second kappa shape index (κ2) is 7.84. The largest absolute Gasteiger partial charge is 0.310 e. The fourth-order valence-corrected chi connectivity index (χ4v) is 5.59. The highest BCUT2D eigenvalue weighted by Crippen LogP contribution is 2.42. The third kappa shape index (κ3) is 4.36. The van der Waals surface area contributed by atoms with E-state index in [0.29, 0.717) is 16.5 Å². The van der Waals surface area contributed by atoms with Gasteiger partial charge in [0.25, 0.3) is 0 Å². The highest BCUT2D eigenvalue weighted by Gasteiger charge is 2.29. The van der Waals surface area contributed by atoms with E-state index in [-0.39, 0.29) is 0 Å². The minimum atomic E-state index is 0.457. The molecule has 2 heterocycles. The number of nitrogens with one attached hydrogen (secondary N) is 1. The fraction of sp³-hybridized carbons (Fsp3) is 0.750. The summed E-state index contributed by atoms with van der Waals surface area (Å²) in [5.41, 5.74) is 3.53. The lowest BCUT2D eigenvalue weighted by Gasteiger charge is -2.29. The highest BCUT2D eigenvalue weighted by molar-refractivity contribution is 8.06. The highest BCUT2D eigenvalue weighted by atomic mass is 32.2. The summed E-state index contributed by atoms with van der Waals surface area (Å²) in [6, 6.07) is 0.484. The number of aromatic nitrogens is 2. The third-order valence-corrected chi connectivity index (χ3v) is 7.07. The molecule has 2 unspecified atom stereocenters. The van der Waals surface area contributed by atoms with Crippen molar-refractivity contribution < 1.29 is 0 Å². The maximum atomic E-state index is 4.85. The van der Waals surface area contributed by atoms with Crippen LogP contribution in [0.2, 0.25) is 0 Å². The van der Waals surface area contributed by atoms with Crippen LogP contribution in [0.25, 0.3) is 0 Å². The van der Waals surface area contributed by atoms with Crippen LogP contribution >= 0.6 is 23.5 Å². The van der Waals surface area contributed by atoms with E-state index in [2.05, 4.69) is 51.7 Å². The van der Waals surface area contributed by atoms with Gasteiger partial charge in [0.15, 0.2) is 0 Å². The van der Waals surface area contributed by atoms with E-state index in [1.54, 1.807) is 0 Å². The van der Waals surface area contributed by atoms with Crippen LogP contribution in [0, 0.1) is 13.8 Å². The molecular weight excluding hydrogens is 298 g/mol. The van der Waals surface area contributed by atoms with Gasteiger partial charge in [-0.2, -0.15) is 11.8 Å². The van der Waals surface area contributed by atoms with Crippen LogP contribution in [0.1, 0.15) is 55.2 Å². The number of hydrogen-bond donors (Lipinski definition) is 1.